The molecule has 1 atom stereocenters. The zero-order valence-corrected chi connectivity index (χ0v) is 12.7. The highest BCUT2D eigenvalue weighted by molar-refractivity contribution is 6.31. The molecule has 0 aliphatic heterocycles. The topological polar surface area (TPSA) is 35.6 Å². The van der Waals surface area contributed by atoms with E-state index in [0.717, 1.165) is 22.6 Å². The van der Waals surface area contributed by atoms with Crippen LogP contribution in [0.15, 0.2) is 30.5 Å². The minimum absolute atomic E-state index is 0.172. The summed E-state index contributed by atoms with van der Waals surface area (Å²) in [6.07, 6.45) is 1.78. The Labute approximate surface area is 126 Å². The van der Waals surface area contributed by atoms with E-state index in [1.54, 1.807) is 6.20 Å². The Bertz CT molecular complexity index is 758. The van der Waals surface area contributed by atoms with Crippen molar-refractivity contribution in [3.8, 4) is 0 Å². The molecule has 0 aliphatic rings. The Hall–Kier alpha value is -1.52. The van der Waals surface area contributed by atoms with E-state index in [4.69, 9.17) is 23.2 Å². The third-order valence-electron chi connectivity index (χ3n) is 3.34. The van der Waals surface area contributed by atoms with Gasteiger partial charge in [-0.15, -0.1) is 11.6 Å². The van der Waals surface area contributed by atoms with Gasteiger partial charge in [-0.1, -0.05) is 11.6 Å². The number of benzene rings is 1. The summed E-state index contributed by atoms with van der Waals surface area (Å²) in [7, 11) is 1.92. The van der Waals surface area contributed by atoms with Crippen LogP contribution in [0.5, 0.6) is 0 Å². The number of hydrogen-bond donors (Lipinski definition) is 0. The second-order valence-corrected chi connectivity index (χ2v) is 5.84. The first-order valence-electron chi connectivity index (χ1n) is 6.33. The van der Waals surface area contributed by atoms with Crippen LogP contribution in [-0.4, -0.2) is 19.3 Å². The second kappa shape index (κ2) is 5.11. The van der Waals surface area contributed by atoms with Crippen molar-refractivity contribution in [3.05, 3.63) is 47.0 Å². The van der Waals surface area contributed by atoms with E-state index in [-0.39, 0.29) is 5.38 Å². The molecule has 0 bridgehead atoms. The summed E-state index contributed by atoms with van der Waals surface area (Å²) < 4.78 is 3.94. The van der Waals surface area contributed by atoms with Crippen LogP contribution in [0.3, 0.4) is 0 Å². The summed E-state index contributed by atoms with van der Waals surface area (Å²) in [5, 5.41) is 4.71. The molecule has 0 saturated heterocycles. The van der Waals surface area contributed by atoms with Gasteiger partial charge in [-0.05, 0) is 31.2 Å². The minimum Gasteiger partial charge on any atom is -0.321 e. The van der Waals surface area contributed by atoms with Gasteiger partial charge in [0.25, 0.3) is 0 Å². The molecular formula is C14H14Cl2N4. The van der Waals surface area contributed by atoms with Crippen LogP contribution in [0.25, 0.3) is 11.0 Å². The third-order valence-corrected chi connectivity index (χ3v) is 3.77. The summed E-state index contributed by atoms with van der Waals surface area (Å²) in [5.41, 5.74) is 2.98. The standard InChI is InChI=1S/C14H14Cl2N4/c1-9(15)14-18-12-4-3-10(16)7-13(12)20(14)8-11-5-6-17-19(11)2/h3-7,9H,8H2,1-2H3. The van der Waals surface area contributed by atoms with E-state index in [0.29, 0.717) is 11.6 Å². The lowest BCUT2D eigenvalue weighted by atomic mass is 10.3. The van der Waals surface area contributed by atoms with Crippen molar-refractivity contribution >= 4 is 34.2 Å². The number of alkyl halides is 1. The number of aryl methyl sites for hydroxylation is 1. The Kier molecular flexibility index (Phi) is 3.44. The monoisotopic (exact) mass is 308 g/mol. The van der Waals surface area contributed by atoms with E-state index >= 15 is 0 Å². The van der Waals surface area contributed by atoms with Crippen LogP contribution in [0.1, 0.15) is 23.8 Å². The fourth-order valence-electron chi connectivity index (χ4n) is 2.30. The molecule has 0 saturated carbocycles. The Balaban J connectivity index is 2.18. The molecule has 0 fully saturated rings. The van der Waals surface area contributed by atoms with Crippen LogP contribution in [0.4, 0.5) is 0 Å². The normalized spacial score (nSPS) is 13.0. The van der Waals surface area contributed by atoms with Gasteiger partial charge in [-0.2, -0.15) is 5.10 Å². The highest BCUT2D eigenvalue weighted by Crippen LogP contribution is 2.27. The van der Waals surface area contributed by atoms with Crippen LogP contribution in [0.2, 0.25) is 5.02 Å². The molecule has 2 aromatic heterocycles. The fraction of sp³-hybridized carbons (Fsp3) is 0.286. The fourth-order valence-corrected chi connectivity index (χ4v) is 2.64. The van der Waals surface area contributed by atoms with E-state index in [2.05, 4.69) is 14.6 Å². The predicted molar refractivity (Wildman–Crippen MR) is 81.3 cm³/mol. The van der Waals surface area contributed by atoms with Gasteiger partial charge in [0.2, 0.25) is 0 Å². The molecule has 0 spiro atoms. The average molecular weight is 309 g/mol. The summed E-state index contributed by atoms with van der Waals surface area (Å²) in [6, 6.07) is 7.66. The molecule has 6 heteroatoms. The van der Waals surface area contributed by atoms with Crippen molar-refractivity contribution in [2.75, 3.05) is 0 Å². The van der Waals surface area contributed by atoms with Crippen molar-refractivity contribution in [3.63, 3.8) is 0 Å². The molecule has 20 heavy (non-hydrogen) atoms. The third kappa shape index (κ3) is 2.30. The minimum atomic E-state index is -0.172. The molecule has 104 valence electrons. The summed E-state index contributed by atoms with van der Waals surface area (Å²) in [6.45, 7) is 2.59. The highest BCUT2D eigenvalue weighted by Gasteiger charge is 2.16. The Morgan fingerprint density at radius 1 is 1.30 bits per heavy atom. The molecule has 0 amide bonds. The number of rotatable bonds is 3. The predicted octanol–water partition coefficient (Wildman–Crippen LogP) is 3.77. The molecular weight excluding hydrogens is 295 g/mol. The molecule has 4 nitrogen and oxygen atoms in total. The van der Waals surface area contributed by atoms with Crippen molar-refractivity contribution in [2.24, 2.45) is 7.05 Å². The van der Waals surface area contributed by atoms with Gasteiger partial charge >= 0.3 is 0 Å². The zero-order valence-electron chi connectivity index (χ0n) is 11.2. The maximum atomic E-state index is 6.26. The molecule has 3 aromatic rings. The maximum Gasteiger partial charge on any atom is 0.128 e. The van der Waals surface area contributed by atoms with Crippen LogP contribution < -0.4 is 0 Å². The first-order valence-corrected chi connectivity index (χ1v) is 7.14. The van der Waals surface area contributed by atoms with Crippen molar-refractivity contribution < 1.29 is 0 Å². The van der Waals surface area contributed by atoms with E-state index in [9.17, 15) is 0 Å². The highest BCUT2D eigenvalue weighted by atomic mass is 35.5. The zero-order chi connectivity index (χ0) is 14.3. The van der Waals surface area contributed by atoms with Crippen molar-refractivity contribution in [1.82, 2.24) is 19.3 Å². The number of imidazole rings is 1. The van der Waals surface area contributed by atoms with Crippen LogP contribution >= 0.6 is 23.2 Å². The SMILES string of the molecule is CC(Cl)c1nc2ccc(Cl)cc2n1Cc1ccnn1C. The largest absolute Gasteiger partial charge is 0.321 e. The van der Waals surface area contributed by atoms with E-state index < -0.39 is 0 Å². The van der Waals surface area contributed by atoms with Gasteiger partial charge in [0.1, 0.15) is 5.82 Å². The van der Waals surface area contributed by atoms with Gasteiger partial charge < -0.3 is 4.57 Å². The second-order valence-electron chi connectivity index (χ2n) is 4.75. The van der Waals surface area contributed by atoms with Crippen molar-refractivity contribution in [1.29, 1.82) is 0 Å². The number of aromatic nitrogens is 4. The van der Waals surface area contributed by atoms with Gasteiger partial charge in [0.05, 0.1) is 28.6 Å². The average Bonchev–Trinajstić information content (AvgIpc) is 2.95. The summed E-state index contributed by atoms with van der Waals surface area (Å²) in [5.74, 6) is 0.838. The summed E-state index contributed by atoms with van der Waals surface area (Å²) in [4.78, 5) is 4.61. The number of nitrogens with zero attached hydrogens (tertiary/aromatic N) is 4. The van der Waals surface area contributed by atoms with Crippen LogP contribution in [-0.2, 0) is 13.6 Å². The van der Waals surface area contributed by atoms with Gasteiger partial charge in [0.15, 0.2) is 0 Å². The molecule has 0 radical (unpaired) electrons. The smallest absolute Gasteiger partial charge is 0.128 e. The van der Waals surface area contributed by atoms with Crippen molar-refractivity contribution in [2.45, 2.75) is 18.8 Å². The Morgan fingerprint density at radius 2 is 2.10 bits per heavy atom. The lowest BCUT2D eigenvalue weighted by molar-refractivity contribution is 0.654. The number of fused-ring (bicyclic) bond motifs is 1. The van der Waals surface area contributed by atoms with Crippen LogP contribution in [0, 0.1) is 0 Å². The van der Waals surface area contributed by atoms with E-state index in [1.807, 2.05) is 42.9 Å². The first kappa shape index (κ1) is 13.5. The number of hydrogen-bond acceptors (Lipinski definition) is 2. The quantitative estimate of drug-likeness (QED) is 0.690. The first-order chi connectivity index (χ1) is 9.56. The van der Waals surface area contributed by atoms with Gasteiger partial charge in [0, 0.05) is 18.3 Å². The molecule has 3 rings (SSSR count). The molecule has 2 heterocycles. The maximum absolute atomic E-state index is 6.26. The Morgan fingerprint density at radius 3 is 2.75 bits per heavy atom. The molecule has 1 unspecified atom stereocenters. The lowest BCUT2D eigenvalue weighted by Gasteiger charge is -2.10. The lowest BCUT2D eigenvalue weighted by Crippen LogP contribution is -2.09. The van der Waals surface area contributed by atoms with E-state index in [1.165, 1.54) is 0 Å². The molecule has 0 aliphatic carbocycles. The number of halogens is 2. The van der Waals surface area contributed by atoms with Gasteiger partial charge in [-0.25, -0.2) is 4.98 Å². The molecule has 1 aromatic carbocycles. The molecule has 0 N–H and O–H groups in total. The van der Waals surface area contributed by atoms with Gasteiger partial charge in [-0.3, -0.25) is 4.68 Å². The summed E-state index contributed by atoms with van der Waals surface area (Å²) >= 11 is 12.4.